The molecule has 1 heterocycles. The van der Waals surface area contributed by atoms with Gasteiger partial charge in [0.1, 0.15) is 5.75 Å². The van der Waals surface area contributed by atoms with Crippen LogP contribution in [0.4, 0.5) is 0 Å². The molecule has 0 aliphatic carbocycles. The predicted octanol–water partition coefficient (Wildman–Crippen LogP) is 6.07. The molecule has 0 bridgehead atoms. The van der Waals surface area contributed by atoms with E-state index in [-0.39, 0.29) is 28.8 Å². The third-order valence-electron chi connectivity index (χ3n) is 7.05. The first-order valence-electron chi connectivity index (χ1n) is 11.7. The zero-order chi connectivity index (χ0) is 24.2. The number of hydrogen-bond acceptors (Lipinski definition) is 5. The Kier molecular flexibility index (Phi) is 9.16. The molecule has 0 amide bonds. The summed E-state index contributed by atoms with van der Waals surface area (Å²) >= 11 is 0. The minimum atomic E-state index is -1.93. The van der Waals surface area contributed by atoms with Gasteiger partial charge >= 0.3 is 0 Å². The Morgan fingerprint density at radius 1 is 1.16 bits per heavy atom. The third-order valence-corrected chi connectivity index (χ3v) is 11.6. The van der Waals surface area contributed by atoms with Gasteiger partial charge in [0.25, 0.3) is 0 Å². The van der Waals surface area contributed by atoms with Crippen LogP contribution in [0, 0.1) is 5.41 Å². The number of aliphatic hydroxyl groups excluding tert-OH is 1. The van der Waals surface area contributed by atoms with Crippen LogP contribution in [-0.2, 0) is 20.5 Å². The Labute approximate surface area is 196 Å². The zero-order valence-electron chi connectivity index (χ0n) is 21.3. The van der Waals surface area contributed by atoms with Gasteiger partial charge in [-0.15, -0.1) is 6.58 Å². The van der Waals surface area contributed by atoms with Crippen molar-refractivity contribution < 1.29 is 23.7 Å². The Morgan fingerprint density at radius 3 is 2.31 bits per heavy atom. The molecule has 1 unspecified atom stereocenters. The Hall–Kier alpha value is -1.18. The lowest BCUT2D eigenvalue weighted by Gasteiger charge is -2.43. The average Bonchev–Trinajstić information content (AvgIpc) is 2.69. The third kappa shape index (κ3) is 7.42. The molecule has 4 atom stereocenters. The van der Waals surface area contributed by atoms with Gasteiger partial charge in [0, 0.05) is 18.3 Å². The molecule has 6 heteroatoms. The predicted molar refractivity (Wildman–Crippen MR) is 132 cm³/mol. The van der Waals surface area contributed by atoms with E-state index in [1.165, 1.54) is 0 Å². The molecule has 1 aliphatic heterocycles. The number of hydrogen-bond donors (Lipinski definition) is 1. The number of methoxy groups -OCH3 is 1. The average molecular weight is 465 g/mol. The van der Waals surface area contributed by atoms with Gasteiger partial charge in [0.15, 0.2) is 14.6 Å². The van der Waals surface area contributed by atoms with Gasteiger partial charge in [-0.25, -0.2) is 0 Å². The quantitative estimate of drug-likeness (QED) is 0.336. The van der Waals surface area contributed by atoms with Crippen molar-refractivity contribution in [2.45, 2.75) is 103 Å². The monoisotopic (exact) mass is 464 g/mol. The van der Waals surface area contributed by atoms with Crippen LogP contribution in [0.25, 0.3) is 0 Å². The minimum absolute atomic E-state index is 0.00118. The molecule has 5 nitrogen and oxygen atoms in total. The maximum absolute atomic E-state index is 10.4. The van der Waals surface area contributed by atoms with E-state index in [4.69, 9.17) is 18.6 Å². The second-order valence-corrected chi connectivity index (χ2v) is 15.8. The van der Waals surface area contributed by atoms with Crippen LogP contribution in [-0.4, -0.2) is 45.1 Å². The maximum Gasteiger partial charge on any atom is 0.192 e. The Balaban J connectivity index is 2.07. The highest BCUT2D eigenvalue weighted by Crippen LogP contribution is 2.40. The number of benzene rings is 1. The van der Waals surface area contributed by atoms with Gasteiger partial charge in [-0.3, -0.25) is 0 Å². The molecule has 0 saturated carbocycles. The second kappa shape index (κ2) is 10.8. The molecule has 32 heavy (non-hydrogen) atoms. The summed E-state index contributed by atoms with van der Waals surface area (Å²) in [7, 11) is -0.265. The highest BCUT2D eigenvalue weighted by atomic mass is 28.4. The van der Waals surface area contributed by atoms with E-state index >= 15 is 0 Å². The molecule has 1 N–H and O–H groups in total. The lowest BCUT2D eigenvalue weighted by atomic mass is 9.82. The molecule has 182 valence electrons. The van der Waals surface area contributed by atoms with E-state index in [2.05, 4.69) is 54.3 Å². The molecule has 2 rings (SSSR count). The van der Waals surface area contributed by atoms with Crippen molar-refractivity contribution in [3.63, 3.8) is 0 Å². The van der Waals surface area contributed by atoms with Gasteiger partial charge in [0.05, 0.1) is 32.0 Å². The van der Waals surface area contributed by atoms with Crippen molar-refractivity contribution in [1.29, 1.82) is 0 Å². The van der Waals surface area contributed by atoms with Crippen molar-refractivity contribution in [2.75, 3.05) is 7.11 Å². The summed E-state index contributed by atoms with van der Waals surface area (Å²) in [5.74, 6) is 0.828. The fourth-order valence-electron chi connectivity index (χ4n) is 3.66. The Bertz CT molecular complexity index is 723. The lowest BCUT2D eigenvalue weighted by Crippen LogP contribution is -2.48. The molecule has 0 radical (unpaired) electrons. The van der Waals surface area contributed by atoms with Gasteiger partial charge < -0.3 is 23.7 Å². The summed E-state index contributed by atoms with van der Waals surface area (Å²) in [4.78, 5) is 0. The van der Waals surface area contributed by atoms with Crippen molar-refractivity contribution in [3.8, 4) is 5.75 Å². The zero-order valence-corrected chi connectivity index (χ0v) is 22.3. The minimum Gasteiger partial charge on any atom is -0.497 e. The summed E-state index contributed by atoms with van der Waals surface area (Å²) in [6, 6.07) is 7.91. The van der Waals surface area contributed by atoms with Gasteiger partial charge in [-0.2, -0.15) is 0 Å². The highest BCUT2D eigenvalue weighted by Gasteiger charge is 2.42. The van der Waals surface area contributed by atoms with Gasteiger partial charge in [0.2, 0.25) is 0 Å². The van der Waals surface area contributed by atoms with Crippen LogP contribution in [0.1, 0.15) is 59.4 Å². The maximum atomic E-state index is 10.4. The molecule has 0 spiro atoms. The smallest absolute Gasteiger partial charge is 0.192 e. The van der Waals surface area contributed by atoms with E-state index in [0.717, 1.165) is 17.7 Å². The van der Waals surface area contributed by atoms with Crippen molar-refractivity contribution in [3.05, 3.63) is 42.5 Å². The van der Waals surface area contributed by atoms with Crippen molar-refractivity contribution >= 4 is 8.32 Å². The summed E-state index contributed by atoms with van der Waals surface area (Å²) in [5.41, 5.74) is 0.841. The van der Waals surface area contributed by atoms with Crippen molar-refractivity contribution in [2.24, 2.45) is 5.41 Å². The molecule has 1 fully saturated rings. The lowest BCUT2D eigenvalue weighted by molar-refractivity contribution is -0.198. The first-order valence-corrected chi connectivity index (χ1v) is 14.6. The molecule has 1 aromatic rings. The van der Waals surface area contributed by atoms with E-state index in [1.54, 1.807) is 7.11 Å². The van der Waals surface area contributed by atoms with Crippen LogP contribution in [0.2, 0.25) is 18.1 Å². The second-order valence-electron chi connectivity index (χ2n) is 11.1. The molecular formula is C26H44O5Si. The van der Waals surface area contributed by atoms with E-state index in [1.807, 2.05) is 30.3 Å². The SMILES string of the molecule is C=CC(C)(C)[C@H](C[C@H]1C[C@@H](O[Si](C)(C)C(C)(C)C)CC(O)O1)OCc1ccc(OC)cc1. The standard InChI is InChI=1S/C26H44O5Si/c1-10-26(5,6)23(29-18-19-11-13-20(28-7)14-12-19)16-21-15-22(17-24(27)30-21)31-32(8,9)25(2,3)4/h10-14,21-24,27H,1,15-18H2,2-9H3/t21-,22-,23+,24?/m1/s1. The number of rotatable bonds is 10. The summed E-state index contributed by atoms with van der Waals surface area (Å²) < 4.78 is 24.2. The topological polar surface area (TPSA) is 57.2 Å². The van der Waals surface area contributed by atoms with E-state index < -0.39 is 14.6 Å². The summed E-state index contributed by atoms with van der Waals surface area (Å²) in [6.45, 7) is 20.0. The molecular weight excluding hydrogens is 420 g/mol. The summed E-state index contributed by atoms with van der Waals surface area (Å²) in [6.07, 6.45) is 2.85. The normalized spacial score (nSPS) is 23.6. The molecule has 1 aromatic carbocycles. The van der Waals surface area contributed by atoms with Crippen LogP contribution in [0.5, 0.6) is 5.75 Å². The number of ether oxygens (including phenoxy) is 3. The largest absolute Gasteiger partial charge is 0.497 e. The highest BCUT2D eigenvalue weighted by molar-refractivity contribution is 6.74. The van der Waals surface area contributed by atoms with E-state index in [9.17, 15) is 5.11 Å². The fourth-order valence-corrected chi connectivity index (χ4v) is 5.04. The van der Waals surface area contributed by atoms with Crippen molar-refractivity contribution in [1.82, 2.24) is 0 Å². The van der Waals surface area contributed by atoms with Crippen LogP contribution >= 0.6 is 0 Å². The molecule has 1 aliphatic rings. The van der Waals surface area contributed by atoms with Gasteiger partial charge in [-0.1, -0.05) is 52.8 Å². The van der Waals surface area contributed by atoms with Gasteiger partial charge in [-0.05, 0) is 42.2 Å². The number of aliphatic hydroxyl groups is 1. The molecule has 1 saturated heterocycles. The fraction of sp³-hybridized carbons (Fsp3) is 0.692. The Morgan fingerprint density at radius 2 is 1.78 bits per heavy atom. The van der Waals surface area contributed by atoms with Crippen LogP contribution < -0.4 is 4.74 Å². The summed E-state index contributed by atoms with van der Waals surface area (Å²) in [5, 5.41) is 10.5. The van der Waals surface area contributed by atoms with Crippen LogP contribution in [0.15, 0.2) is 36.9 Å². The first kappa shape index (κ1) is 27.1. The first-order chi connectivity index (χ1) is 14.8. The van der Waals surface area contributed by atoms with Crippen LogP contribution in [0.3, 0.4) is 0 Å². The molecule has 0 aromatic heterocycles. The van der Waals surface area contributed by atoms with E-state index in [0.29, 0.717) is 19.4 Å².